The molecule has 0 radical (unpaired) electrons. The third kappa shape index (κ3) is 4.17. The molecule has 0 atom stereocenters. The Bertz CT molecular complexity index is 557. The van der Waals surface area contributed by atoms with Crippen molar-refractivity contribution in [3.8, 4) is 12.3 Å². The van der Waals surface area contributed by atoms with Crippen molar-refractivity contribution in [3.63, 3.8) is 0 Å². The number of carbonyl (C=O) groups excluding carboxylic acids is 1. The molecule has 0 aliphatic rings. The highest BCUT2D eigenvalue weighted by Crippen LogP contribution is 2.11. The number of benzene rings is 1. The summed E-state index contributed by atoms with van der Waals surface area (Å²) in [6, 6.07) is 6.31. The first kappa shape index (κ1) is 13.1. The number of esters is 1. The van der Waals surface area contributed by atoms with E-state index >= 15 is 0 Å². The number of rotatable bonds is 4. The molecule has 0 bridgehead atoms. The van der Waals surface area contributed by atoms with Gasteiger partial charge in [0, 0.05) is 11.3 Å². The molecule has 17 heavy (non-hydrogen) atoms. The Hall–Kier alpha value is -2.00. The minimum Gasteiger partial charge on any atom is -0.468 e. The maximum Gasteiger partial charge on any atom is 0.322 e. The van der Waals surface area contributed by atoms with Crippen LogP contribution < -0.4 is 4.72 Å². The summed E-state index contributed by atoms with van der Waals surface area (Å²) in [7, 11) is -2.64. The van der Waals surface area contributed by atoms with Crippen molar-refractivity contribution < 1.29 is 17.9 Å². The molecule has 0 heterocycles. The molecular formula is C11H11NO4S. The van der Waals surface area contributed by atoms with Gasteiger partial charge in [0.2, 0.25) is 10.0 Å². The second kappa shape index (κ2) is 5.37. The molecule has 6 heteroatoms. The predicted molar refractivity (Wildman–Crippen MR) is 63.8 cm³/mol. The summed E-state index contributed by atoms with van der Waals surface area (Å²) in [6.45, 7) is 0. The van der Waals surface area contributed by atoms with Crippen molar-refractivity contribution in [2.75, 3.05) is 17.6 Å². The van der Waals surface area contributed by atoms with Crippen molar-refractivity contribution >= 4 is 21.7 Å². The Balaban J connectivity index is 2.83. The Morgan fingerprint density at radius 2 is 2.24 bits per heavy atom. The highest BCUT2D eigenvalue weighted by molar-refractivity contribution is 7.93. The molecule has 0 saturated heterocycles. The zero-order chi connectivity index (χ0) is 12.9. The minimum atomic E-state index is -3.76. The van der Waals surface area contributed by atoms with E-state index in [1.807, 2.05) is 0 Å². The van der Waals surface area contributed by atoms with Gasteiger partial charge in [-0.1, -0.05) is 12.0 Å². The number of hydrogen-bond acceptors (Lipinski definition) is 4. The van der Waals surface area contributed by atoms with Crippen LogP contribution in [0.25, 0.3) is 0 Å². The summed E-state index contributed by atoms with van der Waals surface area (Å²) in [4.78, 5) is 10.9. The number of hydrogen-bond donors (Lipinski definition) is 1. The molecule has 1 N–H and O–H groups in total. The van der Waals surface area contributed by atoms with Crippen molar-refractivity contribution in [1.82, 2.24) is 0 Å². The third-order valence-electron chi connectivity index (χ3n) is 1.84. The zero-order valence-electron chi connectivity index (χ0n) is 9.14. The van der Waals surface area contributed by atoms with Crippen LogP contribution in [0.1, 0.15) is 5.56 Å². The lowest BCUT2D eigenvalue weighted by molar-refractivity contribution is -0.137. The lowest BCUT2D eigenvalue weighted by Crippen LogP contribution is -2.23. The summed E-state index contributed by atoms with van der Waals surface area (Å²) in [5, 5.41) is 0. The Kier molecular flexibility index (Phi) is 4.12. The lowest BCUT2D eigenvalue weighted by Gasteiger charge is -2.07. The van der Waals surface area contributed by atoms with Crippen LogP contribution in [0.3, 0.4) is 0 Å². The molecule has 90 valence electrons. The van der Waals surface area contributed by atoms with E-state index in [2.05, 4.69) is 15.4 Å². The van der Waals surface area contributed by atoms with Gasteiger partial charge in [-0.2, -0.15) is 0 Å². The van der Waals surface area contributed by atoms with Crippen LogP contribution in [-0.2, 0) is 19.6 Å². The molecule has 0 aliphatic heterocycles. The van der Waals surface area contributed by atoms with Gasteiger partial charge < -0.3 is 4.74 Å². The predicted octanol–water partition coefficient (Wildman–Crippen LogP) is 0.583. The van der Waals surface area contributed by atoms with Crippen LogP contribution in [0.5, 0.6) is 0 Å². The van der Waals surface area contributed by atoms with E-state index in [9.17, 15) is 13.2 Å². The van der Waals surface area contributed by atoms with Gasteiger partial charge >= 0.3 is 5.97 Å². The number of anilines is 1. The maximum atomic E-state index is 11.5. The Morgan fingerprint density at radius 3 is 2.82 bits per heavy atom. The second-order valence-electron chi connectivity index (χ2n) is 3.16. The van der Waals surface area contributed by atoms with Crippen LogP contribution in [0.15, 0.2) is 24.3 Å². The second-order valence-corrected chi connectivity index (χ2v) is 4.88. The standard InChI is InChI=1S/C11H11NO4S/c1-3-9-5-4-6-10(7-9)12-17(14,15)8-11(13)16-2/h1,4-7,12H,8H2,2H3. The molecular weight excluding hydrogens is 242 g/mol. The van der Waals surface area contributed by atoms with Crippen molar-refractivity contribution in [1.29, 1.82) is 0 Å². The largest absolute Gasteiger partial charge is 0.468 e. The fourth-order valence-electron chi connectivity index (χ4n) is 1.10. The number of carbonyl (C=O) groups is 1. The molecule has 0 amide bonds. The van der Waals surface area contributed by atoms with Crippen LogP contribution in [0.2, 0.25) is 0 Å². The SMILES string of the molecule is C#Cc1cccc(NS(=O)(=O)CC(=O)OC)c1. The average Bonchev–Trinajstić information content (AvgIpc) is 2.27. The molecule has 5 nitrogen and oxygen atoms in total. The first-order valence-electron chi connectivity index (χ1n) is 4.61. The zero-order valence-corrected chi connectivity index (χ0v) is 9.95. The molecule has 0 unspecified atom stereocenters. The Morgan fingerprint density at radius 1 is 1.53 bits per heavy atom. The smallest absolute Gasteiger partial charge is 0.322 e. The molecule has 0 aromatic heterocycles. The van der Waals surface area contributed by atoms with E-state index < -0.39 is 21.7 Å². The highest BCUT2D eigenvalue weighted by atomic mass is 32.2. The molecule has 0 spiro atoms. The Labute approximate surface area is 99.8 Å². The van der Waals surface area contributed by atoms with Crippen molar-refractivity contribution in [2.45, 2.75) is 0 Å². The highest BCUT2D eigenvalue weighted by Gasteiger charge is 2.16. The minimum absolute atomic E-state index is 0.310. The fourth-order valence-corrected chi connectivity index (χ4v) is 2.09. The molecule has 0 aliphatic carbocycles. The summed E-state index contributed by atoms with van der Waals surface area (Å²) in [6.07, 6.45) is 5.18. The number of methoxy groups -OCH3 is 1. The van der Waals surface area contributed by atoms with Crippen molar-refractivity contribution in [3.05, 3.63) is 29.8 Å². The van der Waals surface area contributed by atoms with Gasteiger partial charge in [-0.3, -0.25) is 9.52 Å². The monoisotopic (exact) mass is 253 g/mol. The van der Waals surface area contributed by atoms with Crippen LogP contribution in [0.4, 0.5) is 5.69 Å². The summed E-state index contributed by atoms with van der Waals surface area (Å²) < 4.78 is 29.5. The van der Waals surface area contributed by atoms with Gasteiger partial charge in [0.15, 0.2) is 5.75 Å². The molecule has 0 fully saturated rings. The van der Waals surface area contributed by atoms with Gasteiger partial charge in [-0.15, -0.1) is 6.42 Å². The summed E-state index contributed by atoms with van der Waals surface area (Å²) >= 11 is 0. The number of terminal acetylenes is 1. The van der Waals surface area contributed by atoms with Gasteiger partial charge in [-0.25, -0.2) is 8.42 Å². The third-order valence-corrected chi connectivity index (χ3v) is 3.00. The topological polar surface area (TPSA) is 72.5 Å². The quantitative estimate of drug-likeness (QED) is 0.629. The van der Waals surface area contributed by atoms with Gasteiger partial charge in [0.05, 0.1) is 7.11 Å². The number of ether oxygens (including phenoxy) is 1. The van der Waals surface area contributed by atoms with E-state index in [4.69, 9.17) is 6.42 Å². The number of nitrogens with one attached hydrogen (secondary N) is 1. The van der Waals surface area contributed by atoms with Crippen molar-refractivity contribution in [2.24, 2.45) is 0 Å². The van der Waals surface area contributed by atoms with E-state index in [0.29, 0.717) is 11.3 Å². The van der Waals surface area contributed by atoms with Crippen LogP contribution in [0, 0.1) is 12.3 Å². The van der Waals surface area contributed by atoms with E-state index in [-0.39, 0.29) is 0 Å². The average molecular weight is 253 g/mol. The lowest BCUT2D eigenvalue weighted by atomic mass is 10.2. The normalized spacial score (nSPS) is 10.4. The molecule has 1 aromatic rings. The van der Waals surface area contributed by atoms with E-state index in [1.54, 1.807) is 12.1 Å². The van der Waals surface area contributed by atoms with Crippen LogP contribution in [-0.4, -0.2) is 27.2 Å². The molecule has 1 rings (SSSR count). The van der Waals surface area contributed by atoms with E-state index in [1.165, 1.54) is 12.1 Å². The fraction of sp³-hybridized carbons (Fsp3) is 0.182. The van der Waals surface area contributed by atoms with E-state index in [0.717, 1.165) is 7.11 Å². The maximum absolute atomic E-state index is 11.5. The summed E-state index contributed by atoms with van der Waals surface area (Å²) in [5.41, 5.74) is 0.854. The summed E-state index contributed by atoms with van der Waals surface area (Å²) in [5.74, 6) is 0.818. The van der Waals surface area contributed by atoms with Gasteiger partial charge in [-0.05, 0) is 18.2 Å². The van der Waals surface area contributed by atoms with Crippen LogP contribution >= 0.6 is 0 Å². The molecule has 1 aromatic carbocycles. The number of sulfonamides is 1. The van der Waals surface area contributed by atoms with Gasteiger partial charge in [0.25, 0.3) is 0 Å². The first-order valence-corrected chi connectivity index (χ1v) is 6.26. The van der Waals surface area contributed by atoms with Gasteiger partial charge in [0.1, 0.15) is 0 Å². The first-order chi connectivity index (χ1) is 7.96. The molecule has 0 saturated carbocycles.